The van der Waals surface area contributed by atoms with E-state index in [-0.39, 0.29) is 11.4 Å². The van der Waals surface area contributed by atoms with Gasteiger partial charge in [0, 0.05) is 62.1 Å². The Morgan fingerprint density at radius 3 is 2.61 bits per heavy atom. The number of nitro groups is 1. The molecule has 2 heterocycles. The van der Waals surface area contributed by atoms with Crippen molar-refractivity contribution in [3.63, 3.8) is 0 Å². The monoisotopic (exact) mass is 515 g/mol. The van der Waals surface area contributed by atoms with Gasteiger partial charge in [0.25, 0.3) is 5.69 Å². The molecule has 38 heavy (non-hydrogen) atoms. The Hall–Kier alpha value is -4.18. The molecule has 5 rings (SSSR count). The van der Waals surface area contributed by atoms with Crippen molar-refractivity contribution in [1.82, 2.24) is 19.4 Å². The first-order valence-corrected chi connectivity index (χ1v) is 12.6. The summed E-state index contributed by atoms with van der Waals surface area (Å²) in [6.45, 7) is 1.24. The van der Waals surface area contributed by atoms with E-state index in [0.29, 0.717) is 47.5 Å². The Labute approximate surface area is 221 Å². The van der Waals surface area contributed by atoms with Crippen molar-refractivity contribution in [1.29, 1.82) is 0 Å². The molecule has 0 radical (unpaired) electrons. The van der Waals surface area contributed by atoms with Crippen LogP contribution in [0.3, 0.4) is 0 Å². The molecule has 2 N–H and O–H groups in total. The van der Waals surface area contributed by atoms with Gasteiger partial charge in [-0.05, 0) is 50.6 Å². The summed E-state index contributed by atoms with van der Waals surface area (Å²) in [6, 6.07) is 9.83. The smallest absolute Gasteiger partial charge is 0.295 e. The number of rotatable bonds is 9. The van der Waals surface area contributed by atoms with E-state index in [1.165, 1.54) is 31.6 Å². The summed E-state index contributed by atoms with van der Waals surface area (Å²) in [5, 5.41) is 13.2. The highest BCUT2D eigenvalue weighted by Gasteiger charge is 2.30. The Morgan fingerprint density at radius 1 is 1.18 bits per heavy atom. The molecular weight excluding hydrogens is 482 g/mol. The van der Waals surface area contributed by atoms with E-state index < -0.39 is 4.92 Å². The van der Waals surface area contributed by atoms with Crippen molar-refractivity contribution in [2.24, 2.45) is 7.05 Å². The van der Waals surface area contributed by atoms with Crippen LogP contribution in [0.2, 0.25) is 0 Å². The zero-order valence-electron chi connectivity index (χ0n) is 22.4. The summed E-state index contributed by atoms with van der Waals surface area (Å²) in [6.07, 6.45) is 6.23. The molecule has 0 spiro atoms. The average molecular weight is 516 g/mol. The number of aromatic nitrogens is 3. The van der Waals surface area contributed by atoms with Gasteiger partial charge in [-0.3, -0.25) is 10.1 Å². The zero-order valence-corrected chi connectivity index (χ0v) is 22.4. The van der Waals surface area contributed by atoms with E-state index in [1.54, 1.807) is 6.20 Å². The third kappa shape index (κ3) is 4.63. The van der Waals surface area contributed by atoms with Crippen molar-refractivity contribution >= 4 is 28.0 Å². The Balaban J connectivity index is 1.68. The minimum atomic E-state index is -0.424. The predicted octanol–water partition coefficient (Wildman–Crippen LogP) is 4.68. The molecule has 2 aromatic carbocycles. The van der Waals surface area contributed by atoms with Crippen LogP contribution in [0.5, 0.6) is 5.75 Å². The largest absolute Gasteiger partial charge is 0.494 e. The highest BCUT2D eigenvalue weighted by molar-refractivity contribution is 5.97. The Bertz CT molecular complexity index is 1520. The molecule has 198 valence electrons. The molecule has 0 bridgehead atoms. The topological polar surface area (TPSA) is 116 Å². The molecule has 10 heteroatoms. The van der Waals surface area contributed by atoms with E-state index in [2.05, 4.69) is 33.9 Å². The van der Waals surface area contributed by atoms with E-state index in [0.717, 1.165) is 16.5 Å². The third-order valence-electron chi connectivity index (χ3n) is 7.14. The van der Waals surface area contributed by atoms with Gasteiger partial charge in [-0.25, -0.2) is 9.97 Å². The van der Waals surface area contributed by atoms with Crippen molar-refractivity contribution in [2.75, 3.05) is 52.0 Å². The number of methoxy groups -OCH3 is 1. The van der Waals surface area contributed by atoms with E-state index in [1.807, 2.05) is 44.1 Å². The molecule has 0 aliphatic heterocycles. The number of ether oxygens (including phenoxy) is 1. The van der Waals surface area contributed by atoms with E-state index in [9.17, 15) is 10.1 Å². The number of likely N-dealkylation sites (N-methyl/N-ethyl adjacent to an activating group) is 2. The number of nitrogens with two attached hydrogens (primary N) is 1. The Kier molecular flexibility index (Phi) is 6.66. The van der Waals surface area contributed by atoms with Gasteiger partial charge in [-0.2, -0.15) is 0 Å². The number of benzene rings is 2. The summed E-state index contributed by atoms with van der Waals surface area (Å²) in [5.74, 6) is 1.29. The molecule has 1 saturated carbocycles. The number of hydrogen-bond acceptors (Lipinski definition) is 8. The lowest BCUT2D eigenvalue weighted by atomic mass is 10.0. The number of nitro benzene ring substituents is 1. The number of aryl methyl sites for hydroxylation is 1. The van der Waals surface area contributed by atoms with Crippen LogP contribution in [-0.2, 0) is 7.05 Å². The van der Waals surface area contributed by atoms with Crippen molar-refractivity contribution in [2.45, 2.75) is 18.8 Å². The van der Waals surface area contributed by atoms with E-state index in [4.69, 9.17) is 15.5 Å². The van der Waals surface area contributed by atoms with Crippen LogP contribution in [0.4, 0.5) is 17.1 Å². The lowest BCUT2D eigenvalue weighted by Crippen LogP contribution is -2.29. The molecule has 10 nitrogen and oxygen atoms in total. The SMILES string of the molecule is COc1c(N)cc([N+](=O)[O-])c(N(C)CCN(C)C)c1-c1nccc(-c2cn(C)c3cc(C4CC4)ccc23)n1. The lowest BCUT2D eigenvalue weighted by molar-refractivity contribution is -0.384. The van der Waals surface area contributed by atoms with Gasteiger partial charge in [-0.15, -0.1) is 0 Å². The van der Waals surface area contributed by atoms with Crippen molar-refractivity contribution in [3.8, 4) is 28.4 Å². The van der Waals surface area contributed by atoms with Crippen molar-refractivity contribution in [3.05, 3.63) is 58.4 Å². The first-order chi connectivity index (χ1) is 18.2. The molecule has 1 aliphatic rings. The summed E-state index contributed by atoms with van der Waals surface area (Å²) < 4.78 is 7.79. The maximum atomic E-state index is 12.1. The number of fused-ring (bicyclic) bond motifs is 1. The average Bonchev–Trinajstić information content (AvgIpc) is 3.70. The van der Waals surface area contributed by atoms with Crippen LogP contribution < -0.4 is 15.4 Å². The van der Waals surface area contributed by atoms with Crippen LogP contribution in [0.25, 0.3) is 33.5 Å². The Morgan fingerprint density at radius 2 is 1.95 bits per heavy atom. The highest BCUT2D eigenvalue weighted by atomic mass is 16.6. The normalized spacial score (nSPS) is 13.3. The first-order valence-electron chi connectivity index (χ1n) is 12.6. The van der Waals surface area contributed by atoms with Gasteiger partial charge in [0.05, 0.1) is 29.0 Å². The zero-order chi connectivity index (χ0) is 27.1. The standard InChI is InChI=1S/C28H33N7O3/c1-32(2)12-13-33(3)26-24(35(36)37)15-21(29)27(38-5)25(26)28-30-11-10-22(31-28)20-16-34(4)23-14-18(17-6-7-17)8-9-19(20)23/h8-11,14-17H,6-7,12-13,29H2,1-5H3. The van der Waals surface area contributed by atoms with Crippen molar-refractivity contribution < 1.29 is 9.66 Å². The second-order valence-corrected chi connectivity index (χ2v) is 10.2. The summed E-state index contributed by atoms with van der Waals surface area (Å²) in [4.78, 5) is 25.0. The molecule has 0 atom stereocenters. The third-order valence-corrected chi connectivity index (χ3v) is 7.14. The number of nitrogens with zero attached hydrogens (tertiary/aromatic N) is 6. The second-order valence-electron chi connectivity index (χ2n) is 10.2. The molecule has 1 aliphatic carbocycles. The molecule has 0 saturated heterocycles. The van der Waals surface area contributed by atoms with Crippen LogP contribution >= 0.6 is 0 Å². The molecule has 1 fully saturated rings. The summed E-state index contributed by atoms with van der Waals surface area (Å²) in [5.41, 5.74) is 11.3. The number of anilines is 2. The molecule has 4 aromatic rings. The van der Waals surface area contributed by atoms with Gasteiger partial charge < -0.3 is 24.8 Å². The van der Waals surface area contributed by atoms with Gasteiger partial charge >= 0.3 is 0 Å². The van der Waals surface area contributed by atoms with E-state index >= 15 is 0 Å². The fourth-order valence-electron chi connectivity index (χ4n) is 4.98. The predicted molar refractivity (Wildman–Crippen MR) is 151 cm³/mol. The fraction of sp³-hybridized carbons (Fsp3) is 0.357. The maximum Gasteiger partial charge on any atom is 0.295 e. The molecule has 0 amide bonds. The summed E-state index contributed by atoms with van der Waals surface area (Å²) in [7, 11) is 9.26. The van der Waals surface area contributed by atoms with Gasteiger partial charge in [0.15, 0.2) is 11.6 Å². The molecule has 0 unspecified atom stereocenters. The fourth-order valence-corrected chi connectivity index (χ4v) is 4.98. The van der Waals surface area contributed by atoms with Crippen LogP contribution in [0, 0.1) is 10.1 Å². The minimum Gasteiger partial charge on any atom is -0.494 e. The quantitative estimate of drug-likeness (QED) is 0.194. The summed E-state index contributed by atoms with van der Waals surface area (Å²) >= 11 is 0. The minimum absolute atomic E-state index is 0.119. The van der Waals surface area contributed by atoms with Gasteiger partial charge in [0.1, 0.15) is 5.69 Å². The van der Waals surface area contributed by atoms with Gasteiger partial charge in [0.2, 0.25) is 0 Å². The van der Waals surface area contributed by atoms with Crippen LogP contribution in [-0.4, -0.2) is 65.7 Å². The lowest BCUT2D eigenvalue weighted by Gasteiger charge is -2.25. The number of hydrogen-bond donors (Lipinski definition) is 1. The molecular formula is C28H33N7O3. The highest BCUT2D eigenvalue weighted by Crippen LogP contribution is 2.47. The van der Waals surface area contributed by atoms with Crippen LogP contribution in [0.1, 0.15) is 24.3 Å². The number of nitrogen functional groups attached to an aromatic ring is 1. The first kappa shape index (κ1) is 25.5. The second kappa shape index (κ2) is 9.94. The van der Waals surface area contributed by atoms with Crippen LogP contribution in [0.15, 0.2) is 42.7 Å². The van der Waals surface area contributed by atoms with Gasteiger partial charge in [-0.1, -0.05) is 12.1 Å². The maximum absolute atomic E-state index is 12.1. The molecule has 2 aromatic heterocycles.